The third-order valence-electron chi connectivity index (χ3n) is 12.4. The van der Waals surface area contributed by atoms with Crippen LogP contribution in [-0.2, 0) is 12.8 Å². The van der Waals surface area contributed by atoms with Crippen molar-refractivity contribution in [1.29, 1.82) is 0 Å². The van der Waals surface area contributed by atoms with Crippen LogP contribution in [0.4, 0.5) is 17.1 Å². The summed E-state index contributed by atoms with van der Waals surface area (Å²) in [6.45, 7) is 2.22. The van der Waals surface area contributed by atoms with Gasteiger partial charge in [0.1, 0.15) is 0 Å². The SMILES string of the molecule is Cc1ccccc1-c1cc(-c2ccc(N(c3ccc(-c4ccccc4)cc3)c3cc(-c4ccccc4)ccc3-c3ccc(-c4ccccc4)cc3)cc2)ccc1CCc1ccccc1. The molecule has 1 nitrogen and oxygen atoms in total. The molecule has 0 aliphatic heterocycles. The van der Waals surface area contributed by atoms with Crippen molar-refractivity contribution < 1.29 is 0 Å². The molecule has 0 saturated carbocycles. The monoisotopic (exact) mass is 819 g/mol. The second-order valence-corrected chi connectivity index (χ2v) is 16.5. The zero-order valence-corrected chi connectivity index (χ0v) is 36.1. The van der Waals surface area contributed by atoms with E-state index < -0.39 is 0 Å². The highest BCUT2D eigenvalue weighted by Crippen LogP contribution is 2.44. The summed E-state index contributed by atoms with van der Waals surface area (Å²) in [4.78, 5) is 2.43. The van der Waals surface area contributed by atoms with E-state index in [1.165, 1.54) is 72.3 Å². The van der Waals surface area contributed by atoms with Gasteiger partial charge in [-0.25, -0.2) is 0 Å². The van der Waals surface area contributed by atoms with E-state index in [9.17, 15) is 0 Å². The third-order valence-corrected chi connectivity index (χ3v) is 12.4. The van der Waals surface area contributed by atoms with Crippen LogP contribution in [0.2, 0.25) is 0 Å². The van der Waals surface area contributed by atoms with Crippen molar-refractivity contribution >= 4 is 17.1 Å². The highest BCUT2D eigenvalue weighted by molar-refractivity contribution is 5.92. The predicted molar refractivity (Wildman–Crippen MR) is 272 cm³/mol. The van der Waals surface area contributed by atoms with Gasteiger partial charge >= 0.3 is 0 Å². The molecule has 64 heavy (non-hydrogen) atoms. The van der Waals surface area contributed by atoms with Gasteiger partial charge in [0.15, 0.2) is 0 Å². The first-order valence-corrected chi connectivity index (χ1v) is 22.3. The number of aryl methyl sites for hydroxylation is 3. The Hall–Kier alpha value is -8.00. The second kappa shape index (κ2) is 18.5. The summed E-state index contributed by atoms with van der Waals surface area (Å²) in [5.41, 5.74) is 21.7. The molecule has 0 saturated heterocycles. The average Bonchev–Trinajstić information content (AvgIpc) is 3.37. The first kappa shape index (κ1) is 40.1. The van der Waals surface area contributed by atoms with Crippen LogP contribution in [0.3, 0.4) is 0 Å². The maximum absolute atomic E-state index is 2.43. The molecule has 10 aromatic rings. The fourth-order valence-electron chi connectivity index (χ4n) is 8.93. The highest BCUT2D eigenvalue weighted by atomic mass is 15.1. The normalized spacial score (nSPS) is 11.0. The van der Waals surface area contributed by atoms with Crippen molar-refractivity contribution in [2.24, 2.45) is 0 Å². The summed E-state index contributed by atoms with van der Waals surface area (Å²) in [5, 5.41) is 0. The van der Waals surface area contributed by atoms with Crippen LogP contribution in [0.25, 0.3) is 66.8 Å². The quantitative estimate of drug-likeness (QED) is 0.119. The van der Waals surface area contributed by atoms with Crippen molar-refractivity contribution in [3.63, 3.8) is 0 Å². The molecule has 0 bridgehead atoms. The minimum Gasteiger partial charge on any atom is -0.310 e. The Morgan fingerprint density at radius 3 is 1.25 bits per heavy atom. The smallest absolute Gasteiger partial charge is 0.0546 e. The molecule has 0 aliphatic carbocycles. The Kier molecular flexibility index (Phi) is 11.6. The van der Waals surface area contributed by atoms with E-state index >= 15 is 0 Å². The van der Waals surface area contributed by atoms with E-state index in [0.29, 0.717) is 0 Å². The van der Waals surface area contributed by atoms with Gasteiger partial charge < -0.3 is 4.90 Å². The maximum atomic E-state index is 2.43. The lowest BCUT2D eigenvalue weighted by atomic mass is 9.90. The fourth-order valence-corrected chi connectivity index (χ4v) is 8.93. The van der Waals surface area contributed by atoms with Gasteiger partial charge in [0.25, 0.3) is 0 Å². The molecule has 0 atom stereocenters. The van der Waals surface area contributed by atoms with Gasteiger partial charge in [-0.2, -0.15) is 0 Å². The van der Waals surface area contributed by atoms with Gasteiger partial charge in [-0.15, -0.1) is 0 Å². The van der Waals surface area contributed by atoms with Gasteiger partial charge in [0, 0.05) is 16.9 Å². The molecule has 0 amide bonds. The lowest BCUT2D eigenvalue weighted by Gasteiger charge is -2.29. The van der Waals surface area contributed by atoms with Crippen LogP contribution in [0.1, 0.15) is 16.7 Å². The summed E-state index contributed by atoms with van der Waals surface area (Å²) in [7, 11) is 0. The fraction of sp³-hybridized carbons (Fsp3) is 0.0476. The molecule has 306 valence electrons. The Balaban J connectivity index is 1.08. The van der Waals surface area contributed by atoms with E-state index in [1.807, 2.05) is 0 Å². The molecule has 10 rings (SSSR count). The summed E-state index contributed by atoms with van der Waals surface area (Å²) in [6.07, 6.45) is 1.98. The summed E-state index contributed by atoms with van der Waals surface area (Å²) < 4.78 is 0. The van der Waals surface area contributed by atoms with Crippen molar-refractivity contribution in [2.75, 3.05) is 4.90 Å². The maximum Gasteiger partial charge on any atom is 0.0546 e. The van der Waals surface area contributed by atoms with Gasteiger partial charge in [-0.05, 0) is 134 Å². The molecule has 0 radical (unpaired) electrons. The molecular formula is C63H49N. The summed E-state index contributed by atoms with van der Waals surface area (Å²) in [5.74, 6) is 0. The first-order valence-electron chi connectivity index (χ1n) is 22.3. The second-order valence-electron chi connectivity index (χ2n) is 16.5. The lowest BCUT2D eigenvalue weighted by Crippen LogP contribution is -2.11. The van der Waals surface area contributed by atoms with Crippen LogP contribution in [0, 0.1) is 6.92 Å². The largest absolute Gasteiger partial charge is 0.310 e. The van der Waals surface area contributed by atoms with Gasteiger partial charge in [-0.1, -0.05) is 218 Å². The van der Waals surface area contributed by atoms with E-state index in [2.05, 4.69) is 267 Å². The number of nitrogens with zero attached hydrogens (tertiary/aromatic N) is 1. The number of hydrogen-bond acceptors (Lipinski definition) is 1. The van der Waals surface area contributed by atoms with Gasteiger partial charge in [0.05, 0.1) is 5.69 Å². The third kappa shape index (κ3) is 8.71. The zero-order chi connectivity index (χ0) is 43.1. The Labute approximate surface area is 378 Å². The molecule has 0 aromatic heterocycles. The predicted octanol–water partition coefficient (Wildman–Crippen LogP) is 17.3. The molecule has 10 aromatic carbocycles. The van der Waals surface area contributed by atoms with Crippen LogP contribution in [0.15, 0.2) is 255 Å². The highest BCUT2D eigenvalue weighted by Gasteiger charge is 2.20. The lowest BCUT2D eigenvalue weighted by molar-refractivity contribution is 0.962. The molecule has 0 N–H and O–H groups in total. The Morgan fingerprint density at radius 1 is 0.281 bits per heavy atom. The molecule has 0 heterocycles. The number of hydrogen-bond donors (Lipinski definition) is 0. The van der Waals surface area contributed by atoms with Crippen LogP contribution in [0.5, 0.6) is 0 Å². The molecule has 0 unspecified atom stereocenters. The standard InChI is InChI=1S/C63H49N/c1-46-16-14-15-25-60(46)62-44-56(33-32-55(62)27-26-47-17-6-2-7-18-47)53-36-41-59(42-37-53)64(58-39-34-52(35-40-58)49-21-10-4-11-22-49)63-45-57(50-23-12-5-13-24-50)38-43-61(63)54-30-28-51(29-31-54)48-19-8-3-9-20-48/h2-25,28-45H,26-27H2,1H3. The minimum atomic E-state index is 0.976. The first-order chi connectivity index (χ1) is 31.6. The van der Waals surface area contributed by atoms with Crippen molar-refractivity contribution in [2.45, 2.75) is 19.8 Å². The van der Waals surface area contributed by atoms with E-state index in [1.54, 1.807) is 0 Å². The minimum absolute atomic E-state index is 0.976. The Bertz CT molecular complexity index is 3100. The number of rotatable bonds is 12. The Morgan fingerprint density at radius 2 is 0.688 bits per heavy atom. The van der Waals surface area contributed by atoms with E-state index in [0.717, 1.165) is 41.0 Å². The van der Waals surface area contributed by atoms with Crippen LogP contribution >= 0.6 is 0 Å². The van der Waals surface area contributed by atoms with Gasteiger partial charge in [-0.3, -0.25) is 0 Å². The number of anilines is 3. The topological polar surface area (TPSA) is 3.24 Å². The molecule has 0 spiro atoms. The zero-order valence-electron chi connectivity index (χ0n) is 36.1. The average molecular weight is 820 g/mol. The van der Waals surface area contributed by atoms with Crippen molar-refractivity contribution in [3.8, 4) is 66.8 Å². The van der Waals surface area contributed by atoms with E-state index in [-0.39, 0.29) is 0 Å². The summed E-state index contributed by atoms with van der Waals surface area (Å²) >= 11 is 0. The van der Waals surface area contributed by atoms with Crippen molar-refractivity contribution in [3.05, 3.63) is 271 Å². The van der Waals surface area contributed by atoms with Gasteiger partial charge in [0.2, 0.25) is 0 Å². The van der Waals surface area contributed by atoms with Crippen molar-refractivity contribution in [1.82, 2.24) is 0 Å². The van der Waals surface area contributed by atoms with Crippen LogP contribution < -0.4 is 4.90 Å². The number of benzene rings is 10. The van der Waals surface area contributed by atoms with Crippen LogP contribution in [-0.4, -0.2) is 0 Å². The molecular weight excluding hydrogens is 771 g/mol. The molecule has 0 aliphatic rings. The molecule has 0 fully saturated rings. The summed E-state index contributed by atoms with van der Waals surface area (Å²) in [6, 6.07) is 92.6. The van der Waals surface area contributed by atoms with E-state index in [4.69, 9.17) is 0 Å². The molecule has 1 heteroatoms.